The third kappa shape index (κ3) is 3.60. The van der Waals surface area contributed by atoms with Crippen LogP contribution in [0.25, 0.3) is 0 Å². The second kappa shape index (κ2) is 6.57. The molecular formula is C14H25N3OS. The average Bonchev–Trinajstić information content (AvgIpc) is 3.04. The zero-order valence-electron chi connectivity index (χ0n) is 12.4. The van der Waals surface area contributed by atoms with Crippen LogP contribution in [-0.4, -0.2) is 32.2 Å². The van der Waals surface area contributed by atoms with Crippen molar-refractivity contribution in [2.75, 3.05) is 26.1 Å². The van der Waals surface area contributed by atoms with E-state index in [0.717, 1.165) is 23.5 Å². The summed E-state index contributed by atoms with van der Waals surface area (Å²) in [6.45, 7) is 3.16. The lowest BCUT2D eigenvalue weighted by atomic mass is 10.00. The molecule has 0 radical (unpaired) electrons. The highest BCUT2D eigenvalue weighted by Crippen LogP contribution is 2.31. The van der Waals surface area contributed by atoms with Gasteiger partial charge in [0.2, 0.25) is 5.88 Å². The molecule has 2 rings (SSSR count). The quantitative estimate of drug-likeness (QED) is 0.871. The van der Waals surface area contributed by atoms with Crippen molar-refractivity contribution in [2.24, 2.45) is 5.92 Å². The van der Waals surface area contributed by atoms with E-state index in [1.54, 1.807) is 18.4 Å². The van der Waals surface area contributed by atoms with E-state index in [-0.39, 0.29) is 0 Å². The fourth-order valence-electron chi connectivity index (χ4n) is 2.67. The minimum atomic E-state index is 0.581. The maximum atomic E-state index is 5.37. The number of rotatable bonds is 6. The van der Waals surface area contributed by atoms with Gasteiger partial charge in [0.25, 0.3) is 0 Å². The molecule has 19 heavy (non-hydrogen) atoms. The van der Waals surface area contributed by atoms with Crippen LogP contribution in [0.1, 0.15) is 37.5 Å². The van der Waals surface area contributed by atoms with Crippen LogP contribution in [0.4, 0.5) is 5.13 Å². The van der Waals surface area contributed by atoms with Gasteiger partial charge in [-0.3, -0.25) is 0 Å². The fraction of sp³-hybridized carbons (Fsp3) is 0.786. The largest absolute Gasteiger partial charge is 0.480 e. The van der Waals surface area contributed by atoms with E-state index in [1.165, 1.54) is 30.6 Å². The van der Waals surface area contributed by atoms with Gasteiger partial charge < -0.3 is 15.0 Å². The molecular weight excluding hydrogens is 258 g/mol. The minimum Gasteiger partial charge on any atom is -0.480 e. The van der Waals surface area contributed by atoms with Gasteiger partial charge in [-0.2, -0.15) is 4.98 Å². The molecule has 1 N–H and O–H groups in total. The zero-order valence-corrected chi connectivity index (χ0v) is 13.2. The molecule has 0 spiro atoms. The predicted molar refractivity (Wildman–Crippen MR) is 81.3 cm³/mol. The molecule has 1 heterocycles. The van der Waals surface area contributed by atoms with Gasteiger partial charge in [-0.25, -0.2) is 0 Å². The van der Waals surface area contributed by atoms with E-state index in [2.05, 4.69) is 17.2 Å². The molecule has 108 valence electrons. The van der Waals surface area contributed by atoms with E-state index < -0.39 is 0 Å². The second-order valence-corrected chi connectivity index (χ2v) is 6.60. The first kappa shape index (κ1) is 14.6. The van der Waals surface area contributed by atoms with E-state index >= 15 is 0 Å². The van der Waals surface area contributed by atoms with Crippen molar-refractivity contribution in [3.8, 4) is 5.88 Å². The number of anilines is 1. The van der Waals surface area contributed by atoms with Gasteiger partial charge in [0, 0.05) is 26.7 Å². The third-order valence-electron chi connectivity index (χ3n) is 3.92. The Bertz CT molecular complexity index is 399. The van der Waals surface area contributed by atoms with Crippen LogP contribution >= 0.6 is 11.3 Å². The molecule has 0 bridgehead atoms. The standard InChI is InChI=1S/C14H25N3OS/c1-10(11-7-5-6-8-11)15-9-12-13(18-4)16-14(19-12)17(2)3/h10-11,15H,5-9H2,1-4H3/t10-/m1/s1. The Kier molecular flexibility index (Phi) is 5.05. The second-order valence-electron chi connectivity index (χ2n) is 5.54. The van der Waals surface area contributed by atoms with Crippen molar-refractivity contribution in [1.82, 2.24) is 10.3 Å². The Morgan fingerprint density at radius 2 is 2.11 bits per heavy atom. The maximum Gasteiger partial charge on any atom is 0.230 e. The van der Waals surface area contributed by atoms with Gasteiger partial charge in [0.15, 0.2) is 5.13 Å². The number of ether oxygens (including phenoxy) is 1. The highest BCUT2D eigenvalue weighted by Gasteiger charge is 2.22. The number of thiazole rings is 1. The van der Waals surface area contributed by atoms with Crippen molar-refractivity contribution >= 4 is 16.5 Å². The number of hydrogen-bond donors (Lipinski definition) is 1. The molecule has 5 heteroatoms. The minimum absolute atomic E-state index is 0.581. The van der Waals surface area contributed by atoms with Crippen molar-refractivity contribution in [3.63, 3.8) is 0 Å². The fourth-order valence-corrected chi connectivity index (χ4v) is 3.57. The Balaban J connectivity index is 1.94. The third-order valence-corrected chi connectivity index (χ3v) is 5.12. The number of nitrogens with one attached hydrogen (secondary N) is 1. The Labute approximate surface area is 120 Å². The summed E-state index contributed by atoms with van der Waals surface area (Å²) in [6.07, 6.45) is 5.53. The zero-order chi connectivity index (χ0) is 13.8. The summed E-state index contributed by atoms with van der Waals surface area (Å²) in [6, 6.07) is 0.581. The van der Waals surface area contributed by atoms with Gasteiger partial charge in [-0.1, -0.05) is 24.2 Å². The molecule has 0 amide bonds. The Morgan fingerprint density at radius 1 is 1.42 bits per heavy atom. The van der Waals surface area contributed by atoms with Crippen LogP contribution in [0.15, 0.2) is 0 Å². The molecule has 0 saturated heterocycles. The van der Waals surface area contributed by atoms with Gasteiger partial charge >= 0.3 is 0 Å². The van der Waals surface area contributed by atoms with Crippen molar-refractivity contribution in [3.05, 3.63) is 4.88 Å². The molecule has 1 saturated carbocycles. The van der Waals surface area contributed by atoms with Crippen molar-refractivity contribution in [1.29, 1.82) is 0 Å². The highest BCUT2D eigenvalue weighted by atomic mass is 32.1. The molecule has 0 aromatic carbocycles. The van der Waals surface area contributed by atoms with Crippen LogP contribution in [0.2, 0.25) is 0 Å². The summed E-state index contributed by atoms with van der Waals surface area (Å²) in [5, 5.41) is 4.64. The molecule has 1 fully saturated rings. The predicted octanol–water partition coefficient (Wildman–Crippen LogP) is 2.89. The summed E-state index contributed by atoms with van der Waals surface area (Å²) >= 11 is 1.70. The highest BCUT2D eigenvalue weighted by molar-refractivity contribution is 7.15. The van der Waals surface area contributed by atoms with Crippen LogP contribution in [0, 0.1) is 5.92 Å². The van der Waals surface area contributed by atoms with Gasteiger partial charge in [0.05, 0.1) is 12.0 Å². The molecule has 1 aromatic rings. The summed E-state index contributed by atoms with van der Waals surface area (Å²) in [5.74, 6) is 1.60. The SMILES string of the molecule is COc1nc(N(C)C)sc1CN[C@H](C)C1CCCC1. The van der Waals surface area contributed by atoms with E-state index in [9.17, 15) is 0 Å². The molecule has 0 aliphatic heterocycles. The maximum absolute atomic E-state index is 5.37. The van der Waals surface area contributed by atoms with Crippen LogP contribution in [0.5, 0.6) is 5.88 Å². The van der Waals surface area contributed by atoms with Gasteiger partial charge in [-0.15, -0.1) is 0 Å². The molecule has 1 aliphatic carbocycles. The summed E-state index contributed by atoms with van der Waals surface area (Å²) in [4.78, 5) is 7.70. The molecule has 4 nitrogen and oxygen atoms in total. The first-order valence-corrected chi connectivity index (χ1v) is 7.88. The van der Waals surface area contributed by atoms with E-state index in [1.807, 2.05) is 19.0 Å². The average molecular weight is 283 g/mol. The van der Waals surface area contributed by atoms with Crippen molar-refractivity contribution < 1.29 is 4.74 Å². The topological polar surface area (TPSA) is 37.4 Å². The lowest BCUT2D eigenvalue weighted by molar-refractivity contribution is 0.369. The lowest BCUT2D eigenvalue weighted by Crippen LogP contribution is -2.31. The smallest absolute Gasteiger partial charge is 0.230 e. The number of aromatic nitrogens is 1. The molecule has 1 aromatic heterocycles. The van der Waals surface area contributed by atoms with Crippen LogP contribution in [0.3, 0.4) is 0 Å². The van der Waals surface area contributed by atoms with E-state index in [0.29, 0.717) is 6.04 Å². The summed E-state index contributed by atoms with van der Waals surface area (Å²) in [5.41, 5.74) is 0. The van der Waals surface area contributed by atoms with Crippen LogP contribution in [-0.2, 0) is 6.54 Å². The number of hydrogen-bond acceptors (Lipinski definition) is 5. The summed E-state index contributed by atoms with van der Waals surface area (Å²) in [7, 11) is 5.71. The molecule has 0 unspecified atom stereocenters. The van der Waals surface area contributed by atoms with E-state index in [4.69, 9.17) is 4.74 Å². The Morgan fingerprint density at radius 3 is 2.68 bits per heavy atom. The number of methoxy groups -OCH3 is 1. The van der Waals surface area contributed by atoms with Crippen LogP contribution < -0.4 is 15.0 Å². The molecule has 1 aliphatic rings. The molecule has 1 atom stereocenters. The Hall–Kier alpha value is -0.810. The number of nitrogens with zero attached hydrogens (tertiary/aromatic N) is 2. The van der Waals surface area contributed by atoms with Gasteiger partial charge in [-0.05, 0) is 25.7 Å². The van der Waals surface area contributed by atoms with Crippen molar-refractivity contribution in [2.45, 2.75) is 45.2 Å². The monoisotopic (exact) mass is 283 g/mol. The normalized spacial score (nSPS) is 17.7. The lowest BCUT2D eigenvalue weighted by Gasteiger charge is -2.20. The summed E-state index contributed by atoms with van der Waals surface area (Å²) < 4.78 is 5.37. The first-order valence-electron chi connectivity index (χ1n) is 7.06. The first-order chi connectivity index (χ1) is 9.11. The van der Waals surface area contributed by atoms with Gasteiger partial charge in [0.1, 0.15) is 0 Å².